The number of aryl methyl sites for hydroxylation is 2. The molecule has 1 aromatic heterocycles. The standard InChI is InChI=1S/C15H19N3/c1-5-16-15-11(3)14(17-12(4)18-15)13-8-6-10(2)7-9-13/h6-9H,5H2,1-4H3,(H,16,17,18). The monoisotopic (exact) mass is 241 g/mol. The maximum Gasteiger partial charge on any atom is 0.133 e. The summed E-state index contributed by atoms with van der Waals surface area (Å²) in [5.74, 6) is 1.73. The topological polar surface area (TPSA) is 37.8 Å². The fraction of sp³-hybridized carbons (Fsp3) is 0.333. The maximum atomic E-state index is 4.56. The minimum atomic E-state index is 0.798. The molecule has 3 heteroatoms. The van der Waals surface area contributed by atoms with Gasteiger partial charge in [0.05, 0.1) is 5.69 Å². The van der Waals surface area contributed by atoms with Crippen LogP contribution in [0.2, 0.25) is 0 Å². The van der Waals surface area contributed by atoms with E-state index in [0.717, 1.165) is 35.0 Å². The molecule has 1 N–H and O–H groups in total. The quantitative estimate of drug-likeness (QED) is 0.893. The first-order valence-electron chi connectivity index (χ1n) is 6.28. The van der Waals surface area contributed by atoms with Crippen molar-refractivity contribution in [2.24, 2.45) is 0 Å². The largest absolute Gasteiger partial charge is 0.370 e. The highest BCUT2D eigenvalue weighted by Crippen LogP contribution is 2.25. The van der Waals surface area contributed by atoms with Gasteiger partial charge in [0.2, 0.25) is 0 Å². The second kappa shape index (κ2) is 5.17. The molecule has 0 unspecified atom stereocenters. The van der Waals surface area contributed by atoms with Crippen LogP contribution in [0.15, 0.2) is 24.3 Å². The van der Waals surface area contributed by atoms with Crippen molar-refractivity contribution in [2.45, 2.75) is 27.7 Å². The van der Waals surface area contributed by atoms with Gasteiger partial charge in [0.25, 0.3) is 0 Å². The van der Waals surface area contributed by atoms with Crippen molar-refractivity contribution in [3.8, 4) is 11.3 Å². The molecule has 3 nitrogen and oxygen atoms in total. The van der Waals surface area contributed by atoms with Crippen molar-refractivity contribution in [3.05, 3.63) is 41.2 Å². The Bertz CT molecular complexity index is 544. The molecule has 94 valence electrons. The molecule has 18 heavy (non-hydrogen) atoms. The zero-order valence-electron chi connectivity index (χ0n) is 11.4. The van der Waals surface area contributed by atoms with Gasteiger partial charge in [-0.3, -0.25) is 0 Å². The van der Waals surface area contributed by atoms with E-state index >= 15 is 0 Å². The summed E-state index contributed by atoms with van der Waals surface area (Å²) in [6, 6.07) is 8.44. The molecule has 2 rings (SSSR count). The highest BCUT2D eigenvalue weighted by Gasteiger charge is 2.10. The lowest BCUT2D eigenvalue weighted by Crippen LogP contribution is -2.06. The number of hydrogen-bond acceptors (Lipinski definition) is 3. The number of nitrogens with one attached hydrogen (secondary N) is 1. The summed E-state index contributed by atoms with van der Waals surface area (Å²) in [4.78, 5) is 9.01. The summed E-state index contributed by atoms with van der Waals surface area (Å²) in [5, 5.41) is 3.29. The molecule has 0 radical (unpaired) electrons. The van der Waals surface area contributed by atoms with Crippen LogP contribution in [0.25, 0.3) is 11.3 Å². The third-order valence-corrected chi connectivity index (χ3v) is 2.93. The van der Waals surface area contributed by atoms with Crippen LogP contribution in [0.4, 0.5) is 5.82 Å². The highest BCUT2D eigenvalue weighted by molar-refractivity contribution is 5.68. The molecule has 1 aromatic carbocycles. The Morgan fingerprint density at radius 1 is 1.00 bits per heavy atom. The fourth-order valence-electron chi connectivity index (χ4n) is 1.96. The Morgan fingerprint density at radius 3 is 2.28 bits per heavy atom. The summed E-state index contributed by atoms with van der Waals surface area (Å²) in [6.07, 6.45) is 0. The summed E-state index contributed by atoms with van der Waals surface area (Å²) in [5.41, 5.74) is 4.52. The van der Waals surface area contributed by atoms with Gasteiger partial charge in [-0.1, -0.05) is 29.8 Å². The molecule has 0 fully saturated rings. The molecule has 0 atom stereocenters. The van der Waals surface area contributed by atoms with Crippen molar-refractivity contribution in [2.75, 3.05) is 11.9 Å². The Labute approximate surface area is 108 Å². The van der Waals surface area contributed by atoms with Crippen LogP contribution < -0.4 is 5.32 Å². The second-order valence-corrected chi connectivity index (χ2v) is 4.49. The second-order valence-electron chi connectivity index (χ2n) is 4.49. The van der Waals surface area contributed by atoms with E-state index in [0.29, 0.717) is 0 Å². The molecule has 1 heterocycles. The van der Waals surface area contributed by atoms with Gasteiger partial charge in [0.1, 0.15) is 11.6 Å². The minimum Gasteiger partial charge on any atom is -0.370 e. The molecule has 2 aromatic rings. The van der Waals surface area contributed by atoms with E-state index in [4.69, 9.17) is 0 Å². The van der Waals surface area contributed by atoms with E-state index in [9.17, 15) is 0 Å². The summed E-state index contributed by atoms with van der Waals surface area (Å²) < 4.78 is 0. The van der Waals surface area contributed by atoms with Gasteiger partial charge in [-0.15, -0.1) is 0 Å². The van der Waals surface area contributed by atoms with Crippen molar-refractivity contribution in [1.82, 2.24) is 9.97 Å². The van der Waals surface area contributed by atoms with Crippen molar-refractivity contribution < 1.29 is 0 Å². The zero-order chi connectivity index (χ0) is 13.1. The van der Waals surface area contributed by atoms with Crippen LogP contribution in [0.1, 0.15) is 23.9 Å². The average Bonchev–Trinajstić information content (AvgIpc) is 2.35. The molecule has 0 aliphatic carbocycles. The third-order valence-electron chi connectivity index (χ3n) is 2.93. The van der Waals surface area contributed by atoms with Crippen molar-refractivity contribution in [1.29, 1.82) is 0 Å². The maximum absolute atomic E-state index is 4.56. The van der Waals surface area contributed by atoms with E-state index in [-0.39, 0.29) is 0 Å². The van der Waals surface area contributed by atoms with E-state index in [1.807, 2.05) is 6.92 Å². The first-order valence-corrected chi connectivity index (χ1v) is 6.28. The summed E-state index contributed by atoms with van der Waals surface area (Å²) >= 11 is 0. The fourth-order valence-corrected chi connectivity index (χ4v) is 1.96. The van der Waals surface area contributed by atoms with Gasteiger partial charge in [-0.2, -0.15) is 0 Å². The van der Waals surface area contributed by atoms with E-state index in [1.54, 1.807) is 0 Å². The van der Waals surface area contributed by atoms with Crippen LogP contribution in [0.5, 0.6) is 0 Å². The molecule has 0 saturated carbocycles. The summed E-state index contributed by atoms with van der Waals surface area (Å²) in [7, 11) is 0. The lowest BCUT2D eigenvalue weighted by molar-refractivity contribution is 1.02. The van der Waals surface area contributed by atoms with Crippen LogP contribution in [-0.4, -0.2) is 16.5 Å². The molecule has 0 spiro atoms. The van der Waals surface area contributed by atoms with Gasteiger partial charge in [-0.25, -0.2) is 9.97 Å². The number of aromatic nitrogens is 2. The van der Waals surface area contributed by atoms with Gasteiger partial charge in [0.15, 0.2) is 0 Å². The first-order chi connectivity index (χ1) is 8.61. The number of nitrogens with zero attached hydrogens (tertiary/aromatic N) is 2. The molecule has 0 bridgehead atoms. The highest BCUT2D eigenvalue weighted by atomic mass is 15.0. The van der Waals surface area contributed by atoms with E-state index < -0.39 is 0 Å². The number of anilines is 1. The lowest BCUT2D eigenvalue weighted by atomic mass is 10.1. The molecular weight excluding hydrogens is 222 g/mol. The first kappa shape index (κ1) is 12.6. The Kier molecular flexibility index (Phi) is 3.60. The number of rotatable bonds is 3. The molecule has 0 aliphatic heterocycles. The van der Waals surface area contributed by atoms with Gasteiger partial charge < -0.3 is 5.32 Å². The number of hydrogen-bond donors (Lipinski definition) is 1. The Hall–Kier alpha value is -1.90. The lowest BCUT2D eigenvalue weighted by Gasteiger charge is -2.12. The SMILES string of the molecule is CCNc1nc(C)nc(-c2ccc(C)cc2)c1C. The smallest absolute Gasteiger partial charge is 0.133 e. The Balaban J connectivity index is 2.53. The van der Waals surface area contributed by atoms with Crippen LogP contribution in [0, 0.1) is 20.8 Å². The third kappa shape index (κ3) is 2.50. The van der Waals surface area contributed by atoms with Gasteiger partial charge in [-0.05, 0) is 27.7 Å². The van der Waals surface area contributed by atoms with Gasteiger partial charge >= 0.3 is 0 Å². The van der Waals surface area contributed by atoms with Gasteiger partial charge in [0, 0.05) is 17.7 Å². The van der Waals surface area contributed by atoms with Crippen LogP contribution in [-0.2, 0) is 0 Å². The van der Waals surface area contributed by atoms with Crippen molar-refractivity contribution >= 4 is 5.82 Å². The predicted octanol–water partition coefficient (Wildman–Crippen LogP) is 3.50. The molecule has 0 saturated heterocycles. The number of benzene rings is 1. The summed E-state index contributed by atoms with van der Waals surface area (Å²) in [6.45, 7) is 9.02. The van der Waals surface area contributed by atoms with Crippen LogP contribution >= 0.6 is 0 Å². The van der Waals surface area contributed by atoms with E-state index in [2.05, 4.69) is 60.3 Å². The van der Waals surface area contributed by atoms with Crippen molar-refractivity contribution in [3.63, 3.8) is 0 Å². The molecule has 0 aliphatic rings. The predicted molar refractivity (Wildman–Crippen MR) is 75.8 cm³/mol. The molecule has 0 amide bonds. The molecular formula is C15H19N3. The minimum absolute atomic E-state index is 0.798. The zero-order valence-corrected chi connectivity index (χ0v) is 11.4. The normalized spacial score (nSPS) is 10.4. The average molecular weight is 241 g/mol. The van der Waals surface area contributed by atoms with Crippen LogP contribution in [0.3, 0.4) is 0 Å². The Morgan fingerprint density at radius 2 is 1.67 bits per heavy atom. The van der Waals surface area contributed by atoms with E-state index in [1.165, 1.54) is 5.56 Å².